The number of aryl methyl sites for hydroxylation is 2. The molecule has 0 radical (unpaired) electrons. The minimum Gasteiger partial charge on any atom is -0.375 e. The van der Waals surface area contributed by atoms with E-state index >= 15 is 0 Å². The van der Waals surface area contributed by atoms with Crippen LogP contribution >= 0.6 is 0 Å². The van der Waals surface area contributed by atoms with Crippen LogP contribution in [0.2, 0.25) is 0 Å². The van der Waals surface area contributed by atoms with E-state index in [1.165, 1.54) is 18.2 Å². The number of carbonyl (C=O) groups excluding carboxylic acids is 1. The highest BCUT2D eigenvalue weighted by Crippen LogP contribution is 2.31. The largest absolute Gasteiger partial charge is 0.375 e. The van der Waals surface area contributed by atoms with Gasteiger partial charge in [0.15, 0.2) is 0 Å². The van der Waals surface area contributed by atoms with Crippen LogP contribution in [0.25, 0.3) is 11.5 Å². The zero-order chi connectivity index (χ0) is 18.3. The Morgan fingerprint density at radius 3 is 2.62 bits per heavy atom. The molecule has 0 unspecified atom stereocenters. The highest BCUT2D eigenvalue weighted by atomic mass is 16.5. The lowest BCUT2D eigenvalue weighted by Gasteiger charge is -2.17. The molecule has 0 bridgehead atoms. The summed E-state index contributed by atoms with van der Waals surface area (Å²) in [5, 5.41) is 4.84. The van der Waals surface area contributed by atoms with Crippen LogP contribution in [-0.4, -0.2) is 38.9 Å². The van der Waals surface area contributed by atoms with Crippen LogP contribution in [0.15, 0.2) is 42.7 Å². The maximum absolute atomic E-state index is 12.2. The van der Waals surface area contributed by atoms with Crippen molar-refractivity contribution in [1.82, 2.24) is 19.2 Å². The summed E-state index contributed by atoms with van der Waals surface area (Å²) in [7, 11) is 1.54. The number of carbonyl (C=O) groups is 1. The normalized spacial score (nSPS) is 13.3. The lowest BCUT2D eigenvalue weighted by Crippen LogP contribution is -2.29. The predicted molar refractivity (Wildman–Crippen MR) is 98.5 cm³/mol. The number of hydrogen-bond donors (Lipinski definition) is 0. The highest BCUT2D eigenvalue weighted by Gasteiger charge is 2.31. The van der Waals surface area contributed by atoms with Gasteiger partial charge in [0.05, 0.1) is 24.5 Å². The molecule has 26 heavy (non-hydrogen) atoms. The molecule has 0 saturated carbocycles. The number of hydrogen-bond acceptors (Lipinski definition) is 3. The lowest BCUT2D eigenvalue weighted by molar-refractivity contribution is -0.135. The molecule has 0 atom stereocenters. The Morgan fingerprint density at radius 2 is 1.92 bits per heavy atom. The maximum atomic E-state index is 12.2. The Bertz CT molecular complexity index is 957. The first-order valence-electron chi connectivity index (χ1n) is 8.67. The van der Waals surface area contributed by atoms with Crippen molar-refractivity contribution in [2.75, 3.05) is 13.7 Å². The number of methoxy groups -OCH3 is 1. The molecular weight excluding hydrogens is 328 g/mol. The van der Waals surface area contributed by atoms with Gasteiger partial charge in [0.25, 0.3) is 0 Å². The molecular formula is C20H22N4O2. The number of benzene rings is 1. The first-order valence-corrected chi connectivity index (χ1v) is 8.67. The third-order valence-corrected chi connectivity index (χ3v) is 4.93. The van der Waals surface area contributed by atoms with Gasteiger partial charge in [-0.2, -0.15) is 5.10 Å². The van der Waals surface area contributed by atoms with Crippen molar-refractivity contribution in [1.29, 1.82) is 0 Å². The molecule has 1 amide bonds. The average Bonchev–Trinajstić information content (AvgIpc) is 3.32. The summed E-state index contributed by atoms with van der Waals surface area (Å²) in [5.74, 6) is 0.975. The molecule has 1 aromatic carbocycles. The molecule has 1 aliphatic heterocycles. The maximum Gasteiger partial charge on any atom is 0.249 e. The summed E-state index contributed by atoms with van der Waals surface area (Å²) in [6.45, 7) is 5.38. The number of ether oxygens (including phenoxy) is 1. The van der Waals surface area contributed by atoms with Crippen LogP contribution in [-0.2, 0) is 22.6 Å². The zero-order valence-electron chi connectivity index (χ0n) is 15.3. The second-order valence-corrected chi connectivity index (χ2v) is 6.70. The van der Waals surface area contributed by atoms with E-state index in [0.29, 0.717) is 13.1 Å². The van der Waals surface area contributed by atoms with Gasteiger partial charge in [-0.05, 0) is 49.2 Å². The average molecular weight is 350 g/mol. The fourth-order valence-corrected chi connectivity index (χ4v) is 3.37. The highest BCUT2D eigenvalue weighted by molar-refractivity contribution is 5.78. The molecule has 6 nitrogen and oxygen atoms in total. The molecule has 3 aromatic rings. The summed E-state index contributed by atoms with van der Waals surface area (Å²) in [6, 6.07) is 10.3. The van der Waals surface area contributed by atoms with E-state index in [-0.39, 0.29) is 12.5 Å². The van der Waals surface area contributed by atoms with E-state index in [2.05, 4.69) is 36.6 Å². The molecule has 6 heteroatoms. The fourth-order valence-electron chi connectivity index (χ4n) is 3.37. The molecule has 0 saturated heterocycles. The van der Waals surface area contributed by atoms with Crippen molar-refractivity contribution in [3.05, 3.63) is 65.1 Å². The summed E-state index contributed by atoms with van der Waals surface area (Å²) < 4.78 is 9.03. The molecule has 0 spiro atoms. The number of amides is 1. The van der Waals surface area contributed by atoms with Gasteiger partial charge in [-0.3, -0.25) is 4.79 Å². The van der Waals surface area contributed by atoms with Gasteiger partial charge in [0.2, 0.25) is 5.91 Å². The third kappa shape index (κ3) is 2.72. The van der Waals surface area contributed by atoms with Crippen LogP contribution in [0.1, 0.15) is 22.4 Å². The predicted octanol–water partition coefficient (Wildman–Crippen LogP) is 2.77. The molecule has 0 fully saturated rings. The number of aromatic nitrogens is 3. The molecule has 1 aliphatic rings. The molecule has 0 aliphatic carbocycles. The van der Waals surface area contributed by atoms with E-state index in [4.69, 9.17) is 9.84 Å². The van der Waals surface area contributed by atoms with Gasteiger partial charge in [0.1, 0.15) is 12.4 Å². The summed E-state index contributed by atoms with van der Waals surface area (Å²) in [6.07, 6.45) is 4.02. The quantitative estimate of drug-likeness (QED) is 0.727. The van der Waals surface area contributed by atoms with E-state index in [1.807, 2.05) is 29.2 Å². The van der Waals surface area contributed by atoms with Crippen molar-refractivity contribution < 1.29 is 9.53 Å². The monoisotopic (exact) mass is 350 g/mol. The van der Waals surface area contributed by atoms with Crippen LogP contribution in [0, 0.1) is 13.8 Å². The third-order valence-electron chi connectivity index (χ3n) is 4.93. The number of fused-ring (bicyclic) bond motifs is 1. The van der Waals surface area contributed by atoms with Gasteiger partial charge in [0, 0.05) is 25.1 Å². The van der Waals surface area contributed by atoms with Gasteiger partial charge < -0.3 is 14.2 Å². The van der Waals surface area contributed by atoms with Gasteiger partial charge in [-0.15, -0.1) is 0 Å². The van der Waals surface area contributed by atoms with Crippen LogP contribution in [0.4, 0.5) is 0 Å². The SMILES string of the molecule is COCC(=O)N1Cc2nn(-c3ccc(C)c(C)c3)c(-n3cccc3)c2C1. The Balaban J connectivity index is 1.80. The molecule has 2 aromatic heterocycles. The fraction of sp³-hybridized carbons (Fsp3) is 0.300. The van der Waals surface area contributed by atoms with Crippen LogP contribution in [0.3, 0.4) is 0 Å². The Morgan fingerprint density at radius 1 is 1.15 bits per heavy atom. The van der Waals surface area contributed by atoms with Crippen LogP contribution < -0.4 is 0 Å². The van der Waals surface area contributed by atoms with E-state index in [1.54, 1.807) is 4.90 Å². The molecule has 134 valence electrons. The van der Waals surface area contributed by atoms with Crippen molar-refractivity contribution in [3.8, 4) is 11.5 Å². The number of rotatable bonds is 4. The Hall–Kier alpha value is -2.86. The Labute approximate surface area is 152 Å². The summed E-state index contributed by atoms with van der Waals surface area (Å²) >= 11 is 0. The van der Waals surface area contributed by atoms with Crippen molar-refractivity contribution in [2.45, 2.75) is 26.9 Å². The zero-order valence-corrected chi connectivity index (χ0v) is 15.3. The number of nitrogens with zero attached hydrogens (tertiary/aromatic N) is 4. The van der Waals surface area contributed by atoms with Crippen molar-refractivity contribution in [2.24, 2.45) is 0 Å². The molecule has 0 N–H and O–H groups in total. The van der Waals surface area contributed by atoms with Crippen molar-refractivity contribution in [3.63, 3.8) is 0 Å². The first kappa shape index (κ1) is 16.6. The molecule has 4 rings (SSSR count). The minimum absolute atomic E-state index is 0.0123. The smallest absolute Gasteiger partial charge is 0.249 e. The summed E-state index contributed by atoms with van der Waals surface area (Å²) in [5.41, 5.74) is 5.54. The van der Waals surface area contributed by atoms with Gasteiger partial charge in [-0.1, -0.05) is 6.07 Å². The second-order valence-electron chi connectivity index (χ2n) is 6.70. The van der Waals surface area contributed by atoms with Crippen molar-refractivity contribution >= 4 is 5.91 Å². The van der Waals surface area contributed by atoms with Gasteiger partial charge in [-0.25, -0.2) is 4.68 Å². The van der Waals surface area contributed by atoms with E-state index < -0.39 is 0 Å². The first-order chi connectivity index (χ1) is 12.6. The minimum atomic E-state index is -0.0123. The van der Waals surface area contributed by atoms with Gasteiger partial charge >= 0.3 is 0 Å². The molecule has 3 heterocycles. The second kappa shape index (κ2) is 6.46. The Kier molecular flexibility index (Phi) is 4.12. The lowest BCUT2D eigenvalue weighted by atomic mass is 10.1. The standard InChI is InChI=1S/C20H22N4O2/c1-14-6-7-16(10-15(14)2)24-20(22-8-4-5-9-22)17-11-23(12-18(17)21-24)19(25)13-26-3/h4-10H,11-13H2,1-3H3. The van der Waals surface area contributed by atoms with Crippen LogP contribution in [0.5, 0.6) is 0 Å². The van der Waals surface area contributed by atoms with E-state index in [9.17, 15) is 4.79 Å². The van der Waals surface area contributed by atoms with E-state index in [0.717, 1.165) is 22.8 Å². The summed E-state index contributed by atoms with van der Waals surface area (Å²) in [4.78, 5) is 14.0. The topological polar surface area (TPSA) is 52.3 Å².